The van der Waals surface area contributed by atoms with Gasteiger partial charge in [0.15, 0.2) is 0 Å². The molecule has 0 unspecified atom stereocenters. The normalized spacial score (nSPS) is 8.56. The molecule has 0 saturated carbocycles. The van der Waals surface area contributed by atoms with Gasteiger partial charge in [-0.25, -0.2) is 4.79 Å². The Morgan fingerprint density at radius 2 is 2.00 bits per heavy atom. The average molecular weight is 148 g/mol. The zero-order chi connectivity index (χ0) is 7.44. The molecule has 0 rings (SSSR count). The smallest absolute Gasteiger partial charge is 0.326 e. The maximum atomic E-state index is 10.4. The van der Waals surface area contributed by atoms with Gasteiger partial charge in [-0.3, -0.25) is 0 Å². The third-order valence-corrected chi connectivity index (χ3v) is 1.20. The van der Waals surface area contributed by atoms with Crippen molar-refractivity contribution in [3.8, 4) is 0 Å². The minimum Gasteiger partial charge on any atom is -0.525 e. The van der Waals surface area contributed by atoms with Gasteiger partial charge in [-0.2, -0.15) is 0 Å². The first kappa shape index (κ1) is 8.03. The molecule has 0 aromatic carbocycles. The number of carbonyl (C=O) groups is 1. The van der Waals surface area contributed by atoms with Crippen molar-refractivity contribution in [3.05, 3.63) is 11.5 Å². The van der Waals surface area contributed by atoms with E-state index in [1.165, 1.54) is 6.92 Å². The molecule has 0 radical (unpaired) electrons. The molecule has 0 spiro atoms. The van der Waals surface area contributed by atoms with Crippen molar-refractivity contribution in [2.75, 3.05) is 0 Å². The Hall–Kier alpha value is -0.973. The van der Waals surface area contributed by atoms with E-state index in [1.807, 2.05) is 0 Å². The molecule has 0 aliphatic carbocycles. The summed E-state index contributed by atoms with van der Waals surface area (Å²) in [5.74, 6) is -1.66. The van der Waals surface area contributed by atoms with Crippen molar-refractivity contribution >= 4 is 16.5 Å². The Morgan fingerprint density at radius 1 is 1.56 bits per heavy atom. The van der Waals surface area contributed by atoms with E-state index in [2.05, 4.69) is 4.43 Å². The van der Waals surface area contributed by atoms with Gasteiger partial charge in [0, 0.05) is 0 Å². The van der Waals surface area contributed by atoms with Crippen LogP contribution in [0.2, 0.25) is 0 Å². The number of carbonyl (C=O) groups excluding carboxylic acids is 1. The van der Waals surface area contributed by atoms with Crippen LogP contribution in [0.15, 0.2) is 11.5 Å². The molecule has 52 valence electrons. The summed E-state index contributed by atoms with van der Waals surface area (Å²) in [5.41, 5.74) is -0.162. The summed E-state index contributed by atoms with van der Waals surface area (Å²) >= 11 is 0. The lowest BCUT2D eigenvalue weighted by molar-refractivity contribution is -0.130. The van der Waals surface area contributed by atoms with Gasteiger partial charge in [-0.15, -0.1) is 0 Å². The SMILES string of the molecule is CC(C(=O)O[SiH3])=C(O)O. The summed E-state index contributed by atoms with van der Waals surface area (Å²) in [7, 11) is 0.261. The van der Waals surface area contributed by atoms with Crippen LogP contribution in [0.25, 0.3) is 0 Å². The van der Waals surface area contributed by atoms with Gasteiger partial charge in [0.2, 0.25) is 10.5 Å². The van der Waals surface area contributed by atoms with Gasteiger partial charge < -0.3 is 14.6 Å². The molecule has 0 bridgehead atoms. The quantitative estimate of drug-likeness (QED) is 0.289. The predicted molar refractivity (Wildman–Crippen MR) is 34.0 cm³/mol. The molecular weight excluding hydrogens is 140 g/mol. The number of aliphatic hydroxyl groups excluding tert-OH is 1. The molecule has 0 aliphatic heterocycles. The first-order valence-electron chi connectivity index (χ1n) is 2.26. The minimum absolute atomic E-state index is 0.162. The summed E-state index contributed by atoms with van der Waals surface area (Å²) in [6.45, 7) is 1.27. The molecule has 2 N–H and O–H groups in total. The van der Waals surface area contributed by atoms with Crippen molar-refractivity contribution in [3.63, 3.8) is 0 Å². The molecule has 0 atom stereocenters. The second kappa shape index (κ2) is 3.13. The largest absolute Gasteiger partial charge is 0.525 e. The molecule has 0 amide bonds. The first-order valence-corrected chi connectivity index (χ1v) is 3.08. The van der Waals surface area contributed by atoms with E-state index in [4.69, 9.17) is 10.2 Å². The number of rotatable bonds is 1. The molecule has 9 heavy (non-hydrogen) atoms. The lowest BCUT2D eigenvalue weighted by Crippen LogP contribution is -2.05. The Bertz CT molecular complexity index is 147. The molecule has 0 aromatic heterocycles. The van der Waals surface area contributed by atoms with Crippen LogP contribution in [0.5, 0.6) is 0 Å². The van der Waals surface area contributed by atoms with Gasteiger partial charge in [-0.1, -0.05) is 0 Å². The van der Waals surface area contributed by atoms with Crippen LogP contribution in [0.1, 0.15) is 6.92 Å². The van der Waals surface area contributed by atoms with Gasteiger partial charge in [0.25, 0.3) is 5.95 Å². The van der Waals surface area contributed by atoms with Crippen LogP contribution in [-0.2, 0) is 9.22 Å². The van der Waals surface area contributed by atoms with Crippen LogP contribution in [0.4, 0.5) is 0 Å². The summed E-state index contributed by atoms with van der Waals surface area (Å²) in [6, 6.07) is 0. The van der Waals surface area contributed by atoms with Crippen LogP contribution >= 0.6 is 0 Å². The number of aliphatic hydroxyl groups is 2. The topological polar surface area (TPSA) is 66.8 Å². The van der Waals surface area contributed by atoms with Gasteiger partial charge in [0.1, 0.15) is 5.57 Å². The Labute approximate surface area is 55.3 Å². The highest BCUT2D eigenvalue weighted by molar-refractivity contribution is 6.09. The van der Waals surface area contributed by atoms with Crippen molar-refractivity contribution in [1.29, 1.82) is 0 Å². The van der Waals surface area contributed by atoms with Crippen LogP contribution < -0.4 is 0 Å². The Morgan fingerprint density at radius 3 is 2.11 bits per heavy atom. The Balaban J connectivity index is 4.21. The fourth-order valence-electron chi connectivity index (χ4n) is 0.244. The second-order valence-electron chi connectivity index (χ2n) is 1.44. The first-order chi connectivity index (χ1) is 4.09. The zero-order valence-corrected chi connectivity index (χ0v) is 7.21. The fraction of sp³-hybridized carbons (Fsp3) is 0.250. The number of hydrogen-bond acceptors (Lipinski definition) is 4. The highest BCUT2D eigenvalue weighted by atomic mass is 28.2. The summed E-state index contributed by atoms with van der Waals surface area (Å²) in [5, 5.41) is 16.5. The highest BCUT2D eigenvalue weighted by Gasteiger charge is 2.07. The molecule has 4 nitrogen and oxygen atoms in total. The van der Waals surface area contributed by atoms with Crippen molar-refractivity contribution in [2.24, 2.45) is 0 Å². The van der Waals surface area contributed by atoms with E-state index in [-0.39, 0.29) is 16.1 Å². The molecule has 0 aromatic rings. The van der Waals surface area contributed by atoms with E-state index < -0.39 is 11.9 Å². The van der Waals surface area contributed by atoms with Crippen LogP contribution in [-0.4, -0.2) is 26.7 Å². The van der Waals surface area contributed by atoms with E-state index in [9.17, 15) is 4.79 Å². The van der Waals surface area contributed by atoms with E-state index in [0.29, 0.717) is 0 Å². The average Bonchev–Trinajstić information content (AvgIpc) is 1.84. The fourth-order valence-corrected chi connectivity index (χ4v) is 0.551. The zero-order valence-electron chi connectivity index (χ0n) is 5.21. The van der Waals surface area contributed by atoms with Crippen molar-refractivity contribution < 1.29 is 19.4 Å². The maximum Gasteiger partial charge on any atom is 0.326 e. The third-order valence-electron chi connectivity index (χ3n) is 0.827. The molecular formula is C4H8O4Si. The molecule has 0 saturated heterocycles. The van der Waals surface area contributed by atoms with E-state index in [0.717, 1.165) is 0 Å². The van der Waals surface area contributed by atoms with Crippen LogP contribution in [0.3, 0.4) is 0 Å². The lowest BCUT2D eigenvalue weighted by Gasteiger charge is -1.97. The standard InChI is InChI=1S/C4H8O4Si/c1-2(3(5)6)4(7)8-9/h5-6H,1,9H3. The van der Waals surface area contributed by atoms with Crippen molar-refractivity contribution in [1.82, 2.24) is 0 Å². The Kier molecular flexibility index (Phi) is 2.79. The highest BCUT2D eigenvalue weighted by Crippen LogP contribution is 1.97. The third kappa shape index (κ3) is 2.18. The second-order valence-corrected chi connectivity index (χ2v) is 1.85. The van der Waals surface area contributed by atoms with Gasteiger partial charge >= 0.3 is 5.97 Å². The maximum absolute atomic E-state index is 10.4. The van der Waals surface area contributed by atoms with E-state index >= 15 is 0 Å². The lowest BCUT2D eigenvalue weighted by atomic mass is 10.3. The number of hydrogen-bond donors (Lipinski definition) is 2. The summed E-state index contributed by atoms with van der Waals surface area (Å²) in [4.78, 5) is 10.4. The molecule has 0 aliphatic rings. The monoisotopic (exact) mass is 148 g/mol. The summed E-state index contributed by atoms with van der Waals surface area (Å²) < 4.78 is 4.30. The molecule has 0 fully saturated rings. The summed E-state index contributed by atoms with van der Waals surface area (Å²) in [6.07, 6.45) is 0. The van der Waals surface area contributed by atoms with Gasteiger partial charge in [0.05, 0.1) is 0 Å². The molecule has 5 heteroatoms. The predicted octanol–water partition coefficient (Wildman–Crippen LogP) is -0.843. The van der Waals surface area contributed by atoms with Crippen molar-refractivity contribution in [2.45, 2.75) is 6.92 Å². The van der Waals surface area contributed by atoms with Gasteiger partial charge in [-0.05, 0) is 6.92 Å². The molecule has 0 heterocycles. The van der Waals surface area contributed by atoms with Crippen LogP contribution in [0, 0.1) is 0 Å². The van der Waals surface area contributed by atoms with E-state index in [1.54, 1.807) is 0 Å². The minimum atomic E-state index is -0.976.